The van der Waals surface area contributed by atoms with E-state index in [2.05, 4.69) is 9.97 Å². The van der Waals surface area contributed by atoms with Crippen LogP contribution in [0.3, 0.4) is 0 Å². The Bertz CT molecular complexity index is 1090. The Morgan fingerprint density at radius 1 is 1.00 bits per heavy atom. The van der Waals surface area contributed by atoms with E-state index in [1.54, 1.807) is 21.9 Å². The first-order valence-corrected chi connectivity index (χ1v) is 12.3. The van der Waals surface area contributed by atoms with Crippen molar-refractivity contribution in [1.82, 2.24) is 14.9 Å². The van der Waals surface area contributed by atoms with Gasteiger partial charge in [0.15, 0.2) is 0 Å². The van der Waals surface area contributed by atoms with Gasteiger partial charge in [-0.15, -0.1) is 0 Å². The molecule has 0 bridgehead atoms. The Labute approximate surface area is 188 Å². The van der Waals surface area contributed by atoms with Gasteiger partial charge in [0, 0.05) is 25.6 Å². The Hall–Kier alpha value is -2.76. The zero-order valence-electron chi connectivity index (χ0n) is 17.5. The van der Waals surface area contributed by atoms with Gasteiger partial charge >= 0.3 is 6.18 Å². The Kier molecular flexibility index (Phi) is 6.30. The average Bonchev–Trinajstić information content (AvgIpc) is 2.78. The molecule has 12 heteroatoms. The molecule has 7 nitrogen and oxygen atoms in total. The molecule has 1 aromatic heterocycles. The normalized spacial score (nSPS) is 21.8. The van der Waals surface area contributed by atoms with Gasteiger partial charge in [-0.3, -0.25) is 4.79 Å². The molecule has 178 valence electrons. The molecule has 2 saturated heterocycles. The third-order valence-corrected chi connectivity index (χ3v) is 7.79. The van der Waals surface area contributed by atoms with Crippen molar-refractivity contribution < 1.29 is 30.8 Å². The molecule has 4 rings (SSSR count). The van der Waals surface area contributed by atoms with Crippen molar-refractivity contribution >= 4 is 21.4 Å². The maximum Gasteiger partial charge on any atom is 0.451 e. The van der Waals surface area contributed by atoms with Crippen molar-refractivity contribution in [1.29, 1.82) is 0 Å². The summed E-state index contributed by atoms with van der Waals surface area (Å²) in [6, 6.07) is 5.21. The molecular formula is C21H22F4N4O3S. The van der Waals surface area contributed by atoms with Crippen molar-refractivity contribution in [2.75, 3.05) is 36.0 Å². The van der Waals surface area contributed by atoms with Gasteiger partial charge < -0.3 is 9.80 Å². The fourth-order valence-corrected chi connectivity index (χ4v) is 5.75. The average molecular weight is 486 g/mol. The topological polar surface area (TPSA) is 83.5 Å². The summed E-state index contributed by atoms with van der Waals surface area (Å²) in [4.78, 5) is 23.6. The van der Waals surface area contributed by atoms with Crippen LogP contribution in [0.15, 0.2) is 36.7 Å². The van der Waals surface area contributed by atoms with Crippen LogP contribution >= 0.6 is 0 Å². The maximum absolute atomic E-state index is 13.5. The van der Waals surface area contributed by atoms with E-state index in [-0.39, 0.29) is 43.3 Å². The van der Waals surface area contributed by atoms with Gasteiger partial charge in [0.25, 0.3) is 0 Å². The Morgan fingerprint density at radius 2 is 1.61 bits per heavy atom. The minimum atomic E-state index is -4.65. The summed E-state index contributed by atoms with van der Waals surface area (Å²) in [5.41, 5.74) is 1.05. The van der Waals surface area contributed by atoms with Crippen LogP contribution in [0.25, 0.3) is 0 Å². The van der Waals surface area contributed by atoms with Crippen LogP contribution in [0.4, 0.5) is 23.2 Å². The Balaban J connectivity index is 1.57. The van der Waals surface area contributed by atoms with Gasteiger partial charge in [0.2, 0.25) is 11.7 Å². The number of alkyl halides is 3. The predicted octanol–water partition coefficient (Wildman–Crippen LogP) is 2.85. The molecule has 1 aromatic carbocycles. The van der Waals surface area contributed by atoms with Crippen molar-refractivity contribution in [3.63, 3.8) is 0 Å². The number of benzene rings is 1. The lowest BCUT2D eigenvalue weighted by atomic mass is 9.96. The molecular weight excluding hydrogens is 464 g/mol. The minimum absolute atomic E-state index is 0.0342. The number of aromatic nitrogens is 2. The van der Waals surface area contributed by atoms with Gasteiger partial charge in [-0.05, 0) is 30.5 Å². The number of nitrogens with zero attached hydrogens (tertiary/aromatic N) is 4. The molecule has 0 aliphatic carbocycles. The quantitative estimate of drug-likeness (QED) is 0.621. The summed E-state index contributed by atoms with van der Waals surface area (Å²) in [5, 5.41) is 0. The van der Waals surface area contributed by atoms with E-state index in [9.17, 15) is 30.8 Å². The van der Waals surface area contributed by atoms with Crippen LogP contribution in [0.5, 0.6) is 0 Å². The van der Waals surface area contributed by atoms with E-state index in [1.807, 2.05) is 0 Å². The molecule has 1 amide bonds. The molecule has 33 heavy (non-hydrogen) atoms. The standard InChI is InChI=1S/C21H22F4N4O3S/c22-16-3-1-14(2-4-16)18-13-28(17-11-26-20(27-12-17)21(23,24)25)7-8-29(18)19(30)15-5-9-33(31,32)10-6-15/h1-4,11-12,15,18H,5-10,13H2. The fourth-order valence-electron chi connectivity index (χ4n) is 4.25. The highest BCUT2D eigenvalue weighted by atomic mass is 32.2. The van der Waals surface area contributed by atoms with Crippen LogP contribution in [0.2, 0.25) is 0 Å². The van der Waals surface area contributed by atoms with E-state index in [0.29, 0.717) is 17.8 Å². The molecule has 2 aromatic rings. The largest absolute Gasteiger partial charge is 0.451 e. The zero-order chi connectivity index (χ0) is 23.8. The first kappa shape index (κ1) is 23.4. The molecule has 1 atom stereocenters. The molecule has 1 unspecified atom stereocenters. The summed E-state index contributed by atoms with van der Waals surface area (Å²) in [7, 11) is -3.12. The number of hydrogen-bond acceptors (Lipinski definition) is 6. The van der Waals surface area contributed by atoms with Gasteiger partial charge in [0.05, 0.1) is 35.6 Å². The van der Waals surface area contributed by atoms with Crippen molar-refractivity contribution in [3.8, 4) is 0 Å². The van der Waals surface area contributed by atoms with Crippen molar-refractivity contribution in [2.45, 2.75) is 25.1 Å². The number of halogens is 4. The zero-order valence-corrected chi connectivity index (χ0v) is 18.3. The van der Waals surface area contributed by atoms with E-state index in [4.69, 9.17) is 0 Å². The summed E-state index contributed by atoms with van der Waals surface area (Å²) in [5.74, 6) is -2.32. The molecule has 2 aliphatic heterocycles. The van der Waals surface area contributed by atoms with Crippen LogP contribution in [0.1, 0.15) is 30.3 Å². The summed E-state index contributed by atoms with van der Waals surface area (Å²) in [6.45, 7) is 0.853. The van der Waals surface area contributed by atoms with Crippen LogP contribution in [0, 0.1) is 11.7 Å². The second-order valence-corrected chi connectivity index (χ2v) is 10.5. The van der Waals surface area contributed by atoms with Crippen molar-refractivity contribution in [2.24, 2.45) is 5.92 Å². The number of sulfone groups is 1. The smallest absolute Gasteiger partial charge is 0.365 e. The third-order valence-electron chi connectivity index (χ3n) is 6.08. The number of amides is 1. The molecule has 2 aliphatic rings. The van der Waals surface area contributed by atoms with Crippen molar-refractivity contribution in [3.05, 3.63) is 53.9 Å². The van der Waals surface area contributed by atoms with E-state index in [1.165, 1.54) is 12.1 Å². The summed E-state index contributed by atoms with van der Waals surface area (Å²) >= 11 is 0. The molecule has 0 radical (unpaired) electrons. The first-order chi connectivity index (χ1) is 15.5. The number of carbonyl (C=O) groups is 1. The second kappa shape index (κ2) is 8.88. The summed E-state index contributed by atoms with van der Waals surface area (Å²) in [6.07, 6.45) is -1.94. The molecule has 0 spiro atoms. The van der Waals surface area contributed by atoms with Gasteiger partial charge in [-0.2, -0.15) is 13.2 Å². The number of piperazine rings is 1. The maximum atomic E-state index is 13.5. The highest BCUT2D eigenvalue weighted by Crippen LogP contribution is 2.33. The fraction of sp³-hybridized carbons (Fsp3) is 0.476. The lowest BCUT2D eigenvalue weighted by Gasteiger charge is -2.44. The minimum Gasteiger partial charge on any atom is -0.365 e. The van der Waals surface area contributed by atoms with E-state index >= 15 is 0 Å². The summed E-state index contributed by atoms with van der Waals surface area (Å²) < 4.78 is 75.4. The lowest BCUT2D eigenvalue weighted by molar-refractivity contribution is -0.145. The van der Waals surface area contributed by atoms with Gasteiger partial charge in [-0.25, -0.2) is 22.8 Å². The Morgan fingerprint density at radius 3 is 2.18 bits per heavy atom. The van der Waals surface area contributed by atoms with Crippen LogP contribution < -0.4 is 4.90 Å². The van der Waals surface area contributed by atoms with Gasteiger partial charge in [0.1, 0.15) is 15.7 Å². The number of rotatable bonds is 3. The van der Waals surface area contributed by atoms with Gasteiger partial charge in [-0.1, -0.05) is 12.1 Å². The number of carbonyl (C=O) groups excluding carboxylic acids is 1. The number of anilines is 1. The molecule has 0 saturated carbocycles. The van der Waals surface area contributed by atoms with Crippen LogP contribution in [-0.2, 0) is 20.8 Å². The number of hydrogen-bond donors (Lipinski definition) is 0. The molecule has 0 N–H and O–H groups in total. The monoisotopic (exact) mass is 486 g/mol. The SMILES string of the molecule is O=C(C1CCS(=O)(=O)CC1)N1CCN(c2cnc(C(F)(F)F)nc2)CC1c1ccc(F)cc1. The molecule has 3 heterocycles. The van der Waals surface area contributed by atoms with E-state index < -0.39 is 39.6 Å². The van der Waals surface area contributed by atoms with Crippen LogP contribution in [-0.4, -0.2) is 60.3 Å². The molecule has 2 fully saturated rings. The first-order valence-electron chi connectivity index (χ1n) is 10.4. The van der Waals surface area contributed by atoms with E-state index in [0.717, 1.165) is 12.4 Å². The predicted molar refractivity (Wildman–Crippen MR) is 111 cm³/mol. The second-order valence-electron chi connectivity index (χ2n) is 8.23. The third kappa shape index (κ3) is 5.26. The lowest BCUT2D eigenvalue weighted by Crippen LogP contribution is -2.53. The highest BCUT2D eigenvalue weighted by Gasteiger charge is 2.38. The highest BCUT2D eigenvalue weighted by molar-refractivity contribution is 7.91.